The van der Waals surface area contributed by atoms with Gasteiger partial charge >= 0.3 is 0 Å². The van der Waals surface area contributed by atoms with E-state index in [-0.39, 0.29) is 4.75 Å². The Morgan fingerprint density at radius 2 is 2.05 bits per heavy atom. The van der Waals surface area contributed by atoms with Crippen LogP contribution < -0.4 is 10.0 Å². The third-order valence-electron chi connectivity index (χ3n) is 2.97. The van der Waals surface area contributed by atoms with Gasteiger partial charge in [0, 0.05) is 30.6 Å². The first-order chi connectivity index (χ1) is 10.4. The highest BCUT2D eigenvalue weighted by atomic mass is 127. The highest BCUT2D eigenvalue weighted by molar-refractivity contribution is 14.1. The lowest BCUT2D eigenvalue weighted by atomic mass is 10.3. The first-order valence-corrected chi connectivity index (χ1v) is 9.36. The summed E-state index contributed by atoms with van der Waals surface area (Å²) in [6.07, 6.45) is 5.35. The predicted molar refractivity (Wildman–Crippen MR) is 97.1 cm³/mol. The molecule has 1 unspecified atom stereocenters. The SMILES string of the molecule is CC(C)(C)[S+]([O-])NCCCCNc1ncc(I)c2nncn12. The van der Waals surface area contributed by atoms with Gasteiger partial charge in [-0.15, -0.1) is 14.9 Å². The summed E-state index contributed by atoms with van der Waals surface area (Å²) in [5, 5.41) is 11.3. The van der Waals surface area contributed by atoms with E-state index in [4.69, 9.17) is 0 Å². The molecule has 0 aliphatic rings. The Morgan fingerprint density at radius 1 is 1.32 bits per heavy atom. The van der Waals surface area contributed by atoms with Gasteiger partial charge in [-0.05, 0) is 56.2 Å². The Labute approximate surface area is 147 Å². The van der Waals surface area contributed by atoms with Crippen LogP contribution in [0.3, 0.4) is 0 Å². The minimum absolute atomic E-state index is 0.219. The zero-order valence-electron chi connectivity index (χ0n) is 13.0. The molecule has 0 saturated carbocycles. The largest absolute Gasteiger partial charge is 0.598 e. The van der Waals surface area contributed by atoms with Crippen molar-refractivity contribution < 1.29 is 4.55 Å². The second kappa shape index (κ2) is 7.75. The van der Waals surface area contributed by atoms with Gasteiger partial charge in [0.25, 0.3) is 0 Å². The zero-order chi connectivity index (χ0) is 16.2. The first kappa shape index (κ1) is 17.7. The molecule has 0 spiro atoms. The van der Waals surface area contributed by atoms with Crippen LogP contribution in [0.15, 0.2) is 12.5 Å². The van der Waals surface area contributed by atoms with Crippen molar-refractivity contribution in [3.05, 3.63) is 16.1 Å². The second-order valence-corrected chi connectivity index (χ2v) is 9.08. The van der Waals surface area contributed by atoms with E-state index in [1.165, 1.54) is 0 Å². The van der Waals surface area contributed by atoms with Gasteiger partial charge in [-0.3, -0.25) is 4.40 Å². The van der Waals surface area contributed by atoms with Crippen LogP contribution in [0.25, 0.3) is 5.65 Å². The summed E-state index contributed by atoms with van der Waals surface area (Å²) in [7, 11) is 0. The van der Waals surface area contributed by atoms with Crippen LogP contribution in [0.4, 0.5) is 5.95 Å². The molecule has 0 fully saturated rings. The summed E-state index contributed by atoms with van der Waals surface area (Å²) in [6.45, 7) is 7.43. The van der Waals surface area contributed by atoms with Crippen molar-refractivity contribution in [2.45, 2.75) is 38.4 Å². The van der Waals surface area contributed by atoms with Crippen LogP contribution in [-0.4, -0.2) is 42.0 Å². The molecule has 122 valence electrons. The Bertz CT molecular complexity index is 614. The average Bonchev–Trinajstić information content (AvgIpc) is 2.94. The van der Waals surface area contributed by atoms with E-state index in [9.17, 15) is 4.55 Å². The van der Waals surface area contributed by atoms with Crippen LogP contribution in [0, 0.1) is 3.57 Å². The van der Waals surface area contributed by atoms with Gasteiger partial charge in [-0.25, -0.2) is 4.98 Å². The summed E-state index contributed by atoms with van der Waals surface area (Å²) in [6, 6.07) is 0. The van der Waals surface area contributed by atoms with Crippen molar-refractivity contribution in [1.29, 1.82) is 0 Å². The molecule has 0 aromatic carbocycles. The molecule has 0 aliphatic heterocycles. The fraction of sp³-hybridized carbons (Fsp3) is 0.615. The normalized spacial score (nSPS) is 13.5. The molecule has 9 heteroatoms. The fourth-order valence-corrected chi connectivity index (χ4v) is 3.02. The van der Waals surface area contributed by atoms with Crippen molar-refractivity contribution in [2.75, 3.05) is 18.4 Å². The number of nitrogens with one attached hydrogen (secondary N) is 2. The predicted octanol–water partition coefficient (Wildman–Crippen LogP) is 1.97. The highest BCUT2D eigenvalue weighted by Gasteiger charge is 2.25. The van der Waals surface area contributed by atoms with Gasteiger partial charge in [0.2, 0.25) is 5.95 Å². The Morgan fingerprint density at radius 3 is 2.77 bits per heavy atom. The fourth-order valence-electron chi connectivity index (χ4n) is 1.75. The van der Waals surface area contributed by atoms with Gasteiger partial charge < -0.3 is 9.87 Å². The molecule has 2 aromatic heterocycles. The number of halogens is 1. The Hall–Kier alpha value is -0.650. The minimum atomic E-state index is -0.999. The Kier molecular flexibility index (Phi) is 6.24. The van der Waals surface area contributed by atoms with Crippen molar-refractivity contribution in [3.8, 4) is 0 Å². The number of anilines is 1. The number of hydrogen-bond acceptors (Lipinski definition) is 6. The first-order valence-electron chi connectivity index (χ1n) is 7.13. The van der Waals surface area contributed by atoms with E-state index in [0.717, 1.165) is 41.1 Å². The van der Waals surface area contributed by atoms with Crippen LogP contribution in [-0.2, 0) is 11.4 Å². The molecule has 2 heterocycles. The Balaban J connectivity index is 1.73. The molecule has 0 radical (unpaired) electrons. The molecular formula is C13H21IN6OS. The van der Waals surface area contributed by atoms with Crippen molar-refractivity contribution in [3.63, 3.8) is 0 Å². The van der Waals surface area contributed by atoms with Gasteiger partial charge in [0.1, 0.15) is 11.1 Å². The monoisotopic (exact) mass is 436 g/mol. The second-order valence-electron chi connectivity index (χ2n) is 5.86. The summed E-state index contributed by atoms with van der Waals surface area (Å²) < 4.78 is 17.5. The van der Waals surface area contributed by atoms with E-state index in [2.05, 4.69) is 47.8 Å². The van der Waals surface area contributed by atoms with Crippen LogP contribution in [0.2, 0.25) is 0 Å². The van der Waals surface area contributed by atoms with Gasteiger partial charge in [-0.1, -0.05) is 0 Å². The van der Waals surface area contributed by atoms with Crippen molar-refractivity contribution in [2.24, 2.45) is 0 Å². The minimum Gasteiger partial charge on any atom is -0.598 e. The standard InChI is InChI=1S/C13H21IN6OS/c1-13(2,3)22(21)18-7-5-4-6-15-12-16-8-10(14)11-19-17-9-20(11)12/h8-9,18H,4-7H2,1-3H3,(H,15,16). The highest BCUT2D eigenvalue weighted by Crippen LogP contribution is 2.14. The van der Waals surface area contributed by atoms with Gasteiger partial charge in [0.05, 0.1) is 3.57 Å². The average molecular weight is 436 g/mol. The number of nitrogens with zero attached hydrogens (tertiary/aromatic N) is 4. The van der Waals surface area contributed by atoms with Crippen LogP contribution in [0.5, 0.6) is 0 Å². The number of fused-ring (bicyclic) bond motifs is 1. The molecular weight excluding hydrogens is 415 g/mol. The maximum absolute atomic E-state index is 11.8. The maximum Gasteiger partial charge on any atom is 0.210 e. The number of hydrogen-bond donors (Lipinski definition) is 2. The molecule has 0 bridgehead atoms. The van der Waals surface area contributed by atoms with E-state index in [1.54, 1.807) is 12.5 Å². The van der Waals surface area contributed by atoms with Crippen molar-refractivity contribution >= 4 is 45.5 Å². The van der Waals surface area contributed by atoms with Crippen molar-refractivity contribution in [1.82, 2.24) is 24.3 Å². The topological polar surface area (TPSA) is 90.2 Å². The molecule has 2 N–H and O–H groups in total. The third-order valence-corrected chi connectivity index (χ3v) is 5.31. The van der Waals surface area contributed by atoms with E-state index in [0.29, 0.717) is 0 Å². The molecule has 0 aliphatic carbocycles. The number of rotatable bonds is 7. The van der Waals surface area contributed by atoms with Crippen LogP contribution in [0.1, 0.15) is 33.6 Å². The smallest absolute Gasteiger partial charge is 0.210 e. The maximum atomic E-state index is 11.8. The summed E-state index contributed by atoms with van der Waals surface area (Å²) in [4.78, 5) is 4.36. The molecule has 1 atom stereocenters. The summed E-state index contributed by atoms with van der Waals surface area (Å²) in [5.41, 5.74) is 0.806. The number of unbranched alkanes of at least 4 members (excludes halogenated alkanes) is 1. The molecule has 2 aromatic rings. The molecule has 7 nitrogen and oxygen atoms in total. The van der Waals surface area contributed by atoms with E-state index in [1.807, 2.05) is 25.2 Å². The molecule has 22 heavy (non-hydrogen) atoms. The quantitative estimate of drug-likeness (QED) is 0.392. The lowest BCUT2D eigenvalue weighted by Crippen LogP contribution is -2.39. The van der Waals surface area contributed by atoms with Crippen LogP contribution >= 0.6 is 22.6 Å². The van der Waals surface area contributed by atoms with E-state index >= 15 is 0 Å². The molecule has 0 saturated heterocycles. The lowest BCUT2D eigenvalue weighted by Gasteiger charge is -2.23. The number of aromatic nitrogens is 4. The molecule has 2 rings (SSSR count). The third kappa shape index (κ3) is 4.67. The van der Waals surface area contributed by atoms with Gasteiger partial charge in [-0.2, -0.15) is 0 Å². The van der Waals surface area contributed by atoms with E-state index < -0.39 is 11.4 Å². The lowest BCUT2D eigenvalue weighted by molar-refractivity contribution is 0.541. The zero-order valence-corrected chi connectivity index (χ0v) is 15.9. The summed E-state index contributed by atoms with van der Waals surface area (Å²) in [5.74, 6) is 0.742. The molecule has 0 amide bonds. The summed E-state index contributed by atoms with van der Waals surface area (Å²) >= 11 is 1.19. The van der Waals surface area contributed by atoms with Gasteiger partial charge in [0.15, 0.2) is 5.65 Å².